The first-order valence-corrected chi connectivity index (χ1v) is 8.56. The Morgan fingerprint density at radius 1 is 1.56 bits per heavy atom. The zero-order valence-electron chi connectivity index (χ0n) is 11.2. The van der Waals surface area contributed by atoms with Crippen LogP contribution in [0.15, 0.2) is 15.9 Å². The van der Waals surface area contributed by atoms with Crippen molar-refractivity contribution in [2.24, 2.45) is 5.73 Å². The monoisotopic (exact) mass is 330 g/mol. The molecule has 0 bridgehead atoms. The molecular formula is C14H23BrN2S. The van der Waals surface area contributed by atoms with Gasteiger partial charge in [0.15, 0.2) is 0 Å². The Bertz CT molecular complexity index is 374. The van der Waals surface area contributed by atoms with E-state index >= 15 is 0 Å². The number of hydrogen-bond donors (Lipinski definition) is 1. The van der Waals surface area contributed by atoms with Crippen molar-refractivity contribution in [3.05, 3.63) is 20.8 Å². The van der Waals surface area contributed by atoms with Gasteiger partial charge in [-0.05, 0) is 54.7 Å². The number of rotatable bonds is 7. The van der Waals surface area contributed by atoms with E-state index in [4.69, 9.17) is 5.73 Å². The Labute approximate surface area is 123 Å². The molecule has 0 radical (unpaired) electrons. The van der Waals surface area contributed by atoms with Gasteiger partial charge < -0.3 is 5.73 Å². The summed E-state index contributed by atoms with van der Waals surface area (Å²) in [6, 6.07) is 3.59. The predicted molar refractivity (Wildman–Crippen MR) is 83.0 cm³/mol. The summed E-state index contributed by atoms with van der Waals surface area (Å²) >= 11 is 5.38. The van der Waals surface area contributed by atoms with Crippen molar-refractivity contribution >= 4 is 27.3 Å². The van der Waals surface area contributed by atoms with Gasteiger partial charge in [-0.2, -0.15) is 0 Å². The van der Waals surface area contributed by atoms with Crippen LogP contribution in [0.1, 0.15) is 50.4 Å². The minimum absolute atomic E-state index is 0.188. The van der Waals surface area contributed by atoms with Crippen molar-refractivity contribution in [3.8, 4) is 0 Å². The molecule has 0 saturated heterocycles. The van der Waals surface area contributed by atoms with E-state index in [-0.39, 0.29) is 6.04 Å². The molecular weight excluding hydrogens is 308 g/mol. The van der Waals surface area contributed by atoms with Crippen LogP contribution in [0.4, 0.5) is 0 Å². The zero-order valence-corrected chi connectivity index (χ0v) is 13.6. The van der Waals surface area contributed by atoms with E-state index in [1.807, 2.05) is 11.3 Å². The molecule has 4 heteroatoms. The van der Waals surface area contributed by atoms with Gasteiger partial charge in [-0.25, -0.2) is 0 Å². The van der Waals surface area contributed by atoms with Crippen molar-refractivity contribution in [1.82, 2.24) is 4.90 Å². The van der Waals surface area contributed by atoms with Gasteiger partial charge in [-0.1, -0.05) is 13.3 Å². The lowest BCUT2D eigenvalue weighted by Gasteiger charge is -2.34. The molecule has 1 aromatic heterocycles. The summed E-state index contributed by atoms with van der Waals surface area (Å²) in [5.74, 6) is 0. The quantitative estimate of drug-likeness (QED) is 0.813. The van der Waals surface area contributed by atoms with Crippen molar-refractivity contribution < 1.29 is 0 Å². The molecule has 0 amide bonds. The second kappa shape index (κ2) is 6.51. The Kier molecular flexibility index (Phi) is 5.24. The van der Waals surface area contributed by atoms with Crippen LogP contribution < -0.4 is 5.73 Å². The third-order valence-electron chi connectivity index (χ3n) is 3.52. The number of thiophene rings is 1. The molecule has 2 rings (SSSR count). The van der Waals surface area contributed by atoms with Crippen LogP contribution in [0.3, 0.4) is 0 Å². The number of nitrogens with two attached hydrogens (primary N) is 1. The molecule has 1 heterocycles. The van der Waals surface area contributed by atoms with Crippen LogP contribution >= 0.6 is 27.3 Å². The summed E-state index contributed by atoms with van der Waals surface area (Å²) in [6.07, 6.45) is 5.22. The normalized spacial score (nSPS) is 19.2. The Morgan fingerprint density at radius 3 is 2.72 bits per heavy atom. The Morgan fingerprint density at radius 2 is 2.28 bits per heavy atom. The molecule has 1 fully saturated rings. The third kappa shape index (κ3) is 3.56. The molecule has 18 heavy (non-hydrogen) atoms. The van der Waals surface area contributed by atoms with E-state index in [0.29, 0.717) is 6.04 Å². The lowest BCUT2D eigenvalue weighted by atomic mass is 10.1. The summed E-state index contributed by atoms with van der Waals surface area (Å²) in [4.78, 5) is 4.05. The Hall–Kier alpha value is 0.1000. The predicted octanol–water partition coefficient (Wildman–Crippen LogP) is 4.16. The van der Waals surface area contributed by atoms with Crippen LogP contribution in [0, 0.1) is 0 Å². The van der Waals surface area contributed by atoms with Gasteiger partial charge in [0.1, 0.15) is 0 Å². The van der Waals surface area contributed by atoms with Gasteiger partial charge in [-0.3, -0.25) is 4.90 Å². The van der Waals surface area contributed by atoms with Crippen LogP contribution in [0.2, 0.25) is 0 Å². The van der Waals surface area contributed by atoms with E-state index in [2.05, 4.69) is 46.1 Å². The summed E-state index contributed by atoms with van der Waals surface area (Å²) < 4.78 is 1.18. The topological polar surface area (TPSA) is 29.3 Å². The fraction of sp³-hybridized carbons (Fsp3) is 0.714. The minimum Gasteiger partial charge on any atom is -0.326 e. The van der Waals surface area contributed by atoms with Gasteiger partial charge in [0.25, 0.3) is 0 Å². The molecule has 1 saturated carbocycles. The third-order valence-corrected chi connectivity index (χ3v) is 5.28. The van der Waals surface area contributed by atoms with E-state index < -0.39 is 0 Å². The van der Waals surface area contributed by atoms with Crippen molar-refractivity contribution in [2.75, 3.05) is 6.54 Å². The molecule has 1 aromatic rings. The summed E-state index contributed by atoms with van der Waals surface area (Å²) in [6.45, 7) is 5.58. The highest BCUT2D eigenvalue weighted by Gasteiger charge is 2.36. The number of halogens is 1. The molecule has 1 aliphatic rings. The fourth-order valence-electron chi connectivity index (χ4n) is 2.50. The first-order chi connectivity index (χ1) is 8.63. The van der Waals surface area contributed by atoms with E-state index in [1.165, 1.54) is 41.6 Å². The average Bonchev–Trinajstić information content (AvgIpc) is 3.07. The van der Waals surface area contributed by atoms with E-state index in [9.17, 15) is 0 Å². The van der Waals surface area contributed by atoms with E-state index in [1.54, 1.807) is 0 Å². The molecule has 102 valence electrons. The van der Waals surface area contributed by atoms with Crippen LogP contribution in [0.5, 0.6) is 0 Å². The summed E-state index contributed by atoms with van der Waals surface area (Å²) in [7, 11) is 0. The van der Waals surface area contributed by atoms with Gasteiger partial charge >= 0.3 is 0 Å². The minimum atomic E-state index is 0.188. The number of hydrogen-bond acceptors (Lipinski definition) is 3. The second-order valence-corrected chi connectivity index (χ2v) is 7.15. The highest BCUT2D eigenvalue weighted by Crippen LogP contribution is 2.38. The SMILES string of the molecule is CCCCN(C1CC1)C(c1cc(Br)cs1)C(C)N. The fourth-order valence-corrected chi connectivity index (χ4v) is 4.18. The maximum Gasteiger partial charge on any atom is 0.0593 e. The van der Waals surface area contributed by atoms with Gasteiger partial charge in [0.2, 0.25) is 0 Å². The largest absolute Gasteiger partial charge is 0.326 e. The Balaban J connectivity index is 2.15. The van der Waals surface area contributed by atoms with E-state index in [0.717, 1.165) is 6.04 Å². The molecule has 2 nitrogen and oxygen atoms in total. The molecule has 2 unspecified atom stereocenters. The zero-order chi connectivity index (χ0) is 13.1. The molecule has 0 spiro atoms. The van der Waals surface area contributed by atoms with Crippen molar-refractivity contribution in [3.63, 3.8) is 0 Å². The first kappa shape index (κ1) is 14.5. The highest BCUT2D eigenvalue weighted by atomic mass is 79.9. The van der Waals surface area contributed by atoms with Crippen LogP contribution in [-0.2, 0) is 0 Å². The molecule has 2 atom stereocenters. The first-order valence-electron chi connectivity index (χ1n) is 6.88. The van der Waals surface area contributed by atoms with Crippen molar-refractivity contribution in [2.45, 2.75) is 57.7 Å². The second-order valence-electron chi connectivity index (χ2n) is 5.29. The highest BCUT2D eigenvalue weighted by molar-refractivity contribution is 9.10. The summed E-state index contributed by atoms with van der Waals surface area (Å²) in [5, 5.41) is 2.16. The number of nitrogens with zero attached hydrogens (tertiary/aromatic N) is 1. The van der Waals surface area contributed by atoms with Gasteiger partial charge in [-0.15, -0.1) is 11.3 Å². The molecule has 0 aliphatic heterocycles. The summed E-state index contributed by atoms with van der Waals surface area (Å²) in [5.41, 5.74) is 6.27. The standard InChI is InChI=1S/C14H23BrN2S/c1-3-4-7-17(12-5-6-12)14(10(2)16)13-8-11(15)9-18-13/h8-10,12,14H,3-7,16H2,1-2H3. The number of unbranched alkanes of at least 4 members (excludes halogenated alkanes) is 1. The maximum atomic E-state index is 6.27. The molecule has 1 aliphatic carbocycles. The lowest BCUT2D eigenvalue weighted by molar-refractivity contribution is 0.166. The van der Waals surface area contributed by atoms with Crippen LogP contribution in [-0.4, -0.2) is 23.5 Å². The van der Waals surface area contributed by atoms with Gasteiger partial charge in [0.05, 0.1) is 6.04 Å². The maximum absolute atomic E-state index is 6.27. The van der Waals surface area contributed by atoms with Gasteiger partial charge in [0, 0.05) is 26.8 Å². The smallest absolute Gasteiger partial charge is 0.0593 e. The molecule has 0 aromatic carbocycles. The molecule has 2 N–H and O–H groups in total. The van der Waals surface area contributed by atoms with Crippen LogP contribution in [0.25, 0.3) is 0 Å². The lowest BCUT2D eigenvalue weighted by Crippen LogP contribution is -2.41. The average molecular weight is 331 g/mol. The van der Waals surface area contributed by atoms with Crippen molar-refractivity contribution in [1.29, 1.82) is 0 Å².